The Balaban J connectivity index is 1.82. The Morgan fingerprint density at radius 1 is 0.906 bits per heavy atom. The van der Waals surface area contributed by atoms with Gasteiger partial charge in [0, 0.05) is 23.5 Å². The SMILES string of the molecule is COc1ccccc1S(=O)(=O)n1cc(-c2cc(-c3cccnc3)cc(C(F)(F)F)c2)cn1. The van der Waals surface area contributed by atoms with Crippen molar-refractivity contribution in [2.24, 2.45) is 0 Å². The van der Waals surface area contributed by atoms with Gasteiger partial charge in [-0.05, 0) is 47.5 Å². The number of hydrogen-bond donors (Lipinski definition) is 0. The van der Waals surface area contributed by atoms with Crippen molar-refractivity contribution in [3.05, 3.63) is 84.9 Å². The molecule has 0 radical (unpaired) electrons. The van der Waals surface area contributed by atoms with Crippen molar-refractivity contribution >= 4 is 10.0 Å². The summed E-state index contributed by atoms with van der Waals surface area (Å²) in [6.45, 7) is 0. The van der Waals surface area contributed by atoms with Crippen molar-refractivity contribution in [2.45, 2.75) is 11.1 Å². The van der Waals surface area contributed by atoms with Crippen LogP contribution in [-0.4, -0.2) is 29.7 Å². The summed E-state index contributed by atoms with van der Waals surface area (Å²) in [6, 6.07) is 12.8. The lowest BCUT2D eigenvalue weighted by atomic mass is 9.98. The number of nitrogens with zero attached hydrogens (tertiary/aromatic N) is 3. The summed E-state index contributed by atoms with van der Waals surface area (Å²) < 4.78 is 72.4. The number of pyridine rings is 1. The van der Waals surface area contributed by atoms with Gasteiger partial charge in [0.1, 0.15) is 10.6 Å². The molecule has 2 aromatic heterocycles. The third-order valence-corrected chi connectivity index (χ3v) is 6.33. The summed E-state index contributed by atoms with van der Waals surface area (Å²) in [5.74, 6) is 0.127. The minimum absolute atomic E-state index is 0.114. The molecule has 0 amide bonds. The molecule has 0 saturated carbocycles. The fourth-order valence-corrected chi connectivity index (χ4v) is 4.46. The van der Waals surface area contributed by atoms with E-state index in [9.17, 15) is 21.6 Å². The van der Waals surface area contributed by atoms with Crippen LogP contribution in [0.5, 0.6) is 5.75 Å². The smallest absolute Gasteiger partial charge is 0.416 e. The molecule has 0 aliphatic rings. The van der Waals surface area contributed by atoms with Crippen molar-refractivity contribution in [1.29, 1.82) is 0 Å². The number of ether oxygens (including phenoxy) is 1. The van der Waals surface area contributed by atoms with Crippen LogP contribution in [0.25, 0.3) is 22.3 Å². The zero-order valence-electron chi connectivity index (χ0n) is 16.6. The number of methoxy groups -OCH3 is 1. The van der Waals surface area contributed by atoms with Gasteiger partial charge in [0.25, 0.3) is 10.0 Å². The maximum absolute atomic E-state index is 13.5. The van der Waals surface area contributed by atoms with Crippen LogP contribution >= 0.6 is 0 Å². The first-order chi connectivity index (χ1) is 15.2. The molecular weight excluding hydrogens is 443 g/mol. The molecular formula is C22H16F3N3O3S. The molecule has 0 N–H and O–H groups in total. The molecule has 0 saturated heterocycles. The quantitative estimate of drug-likeness (QED) is 0.426. The van der Waals surface area contributed by atoms with Crippen LogP contribution in [0, 0.1) is 0 Å². The monoisotopic (exact) mass is 459 g/mol. The molecule has 0 aliphatic carbocycles. The van der Waals surface area contributed by atoms with E-state index in [0.29, 0.717) is 15.2 Å². The molecule has 4 rings (SSSR count). The Hall–Kier alpha value is -3.66. The van der Waals surface area contributed by atoms with Gasteiger partial charge in [-0.25, -0.2) is 0 Å². The third kappa shape index (κ3) is 4.09. The van der Waals surface area contributed by atoms with Crippen LogP contribution in [-0.2, 0) is 16.2 Å². The van der Waals surface area contributed by atoms with Crippen LogP contribution in [0.2, 0.25) is 0 Å². The van der Waals surface area contributed by atoms with Crippen molar-refractivity contribution in [3.8, 4) is 28.0 Å². The maximum atomic E-state index is 13.5. The number of para-hydroxylation sites is 1. The normalized spacial score (nSPS) is 12.0. The van der Waals surface area contributed by atoms with Crippen LogP contribution < -0.4 is 4.74 Å². The fraction of sp³-hybridized carbons (Fsp3) is 0.0909. The first kappa shape index (κ1) is 21.6. The molecule has 0 fully saturated rings. The van der Waals surface area contributed by atoms with Crippen LogP contribution in [0.1, 0.15) is 5.56 Å². The highest BCUT2D eigenvalue weighted by molar-refractivity contribution is 7.90. The number of aromatic nitrogens is 3. The average Bonchev–Trinajstić information content (AvgIpc) is 3.30. The molecule has 0 aliphatic heterocycles. The van der Waals surface area contributed by atoms with Gasteiger partial charge in [0.2, 0.25) is 0 Å². The highest BCUT2D eigenvalue weighted by Gasteiger charge is 2.32. The molecule has 0 spiro atoms. The number of halogens is 3. The van der Waals surface area contributed by atoms with Gasteiger partial charge in [0.15, 0.2) is 0 Å². The van der Waals surface area contributed by atoms with Crippen molar-refractivity contribution < 1.29 is 26.3 Å². The topological polar surface area (TPSA) is 74.1 Å². The van der Waals surface area contributed by atoms with Gasteiger partial charge in [0.05, 0.1) is 25.1 Å². The minimum atomic E-state index is -4.59. The van der Waals surface area contributed by atoms with Gasteiger partial charge < -0.3 is 4.74 Å². The number of rotatable bonds is 5. The van der Waals surface area contributed by atoms with E-state index in [-0.39, 0.29) is 21.8 Å². The molecule has 6 nitrogen and oxygen atoms in total. The standard InChI is InChI=1S/C22H16F3N3O3S/c1-31-20-6-2-3-7-21(20)32(29,30)28-14-18(13-27-28)17-9-16(15-5-4-8-26-12-15)10-19(11-17)22(23,24)25/h2-14H,1H3. The van der Waals surface area contributed by atoms with Gasteiger partial charge in [-0.1, -0.05) is 18.2 Å². The lowest BCUT2D eigenvalue weighted by molar-refractivity contribution is -0.137. The van der Waals surface area contributed by atoms with Gasteiger partial charge in [-0.15, -0.1) is 0 Å². The maximum Gasteiger partial charge on any atom is 0.416 e. The molecule has 0 unspecified atom stereocenters. The summed E-state index contributed by atoms with van der Waals surface area (Å²) >= 11 is 0. The Kier molecular flexibility index (Phi) is 5.47. The second-order valence-corrected chi connectivity index (χ2v) is 8.56. The van der Waals surface area contributed by atoms with Crippen molar-refractivity contribution in [1.82, 2.24) is 14.2 Å². The van der Waals surface area contributed by atoms with Crippen LogP contribution in [0.3, 0.4) is 0 Å². The molecule has 2 aromatic carbocycles. The molecule has 10 heteroatoms. The van der Waals surface area contributed by atoms with E-state index < -0.39 is 21.8 Å². The molecule has 0 bridgehead atoms. The number of benzene rings is 2. The zero-order chi connectivity index (χ0) is 22.9. The second kappa shape index (κ2) is 8.12. The fourth-order valence-electron chi connectivity index (χ4n) is 3.18. The van der Waals surface area contributed by atoms with E-state index in [4.69, 9.17) is 4.74 Å². The third-order valence-electron chi connectivity index (χ3n) is 4.74. The van der Waals surface area contributed by atoms with E-state index in [1.165, 1.54) is 56.2 Å². The van der Waals surface area contributed by atoms with Gasteiger partial charge >= 0.3 is 6.18 Å². The Morgan fingerprint density at radius 2 is 1.62 bits per heavy atom. The highest BCUT2D eigenvalue weighted by atomic mass is 32.2. The van der Waals surface area contributed by atoms with Crippen LogP contribution in [0.15, 0.2) is 84.3 Å². The van der Waals surface area contributed by atoms with E-state index in [1.807, 2.05) is 0 Å². The minimum Gasteiger partial charge on any atom is -0.495 e. The lowest BCUT2D eigenvalue weighted by Crippen LogP contribution is -2.14. The van der Waals surface area contributed by atoms with Gasteiger partial charge in [-0.2, -0.15) is 30.8 Å². The first-order valence-corrected chi connectivity index (χ1v) is 10.7. The number of alkyl halides is 3. The molecule has 2 heterocycles. The van der Waals surface area contributed by atoms with E-state index in [2.05, 4.69) is 10.1 Å². The van der Waals surface area contributed by atoms with E-state index in [0.717, 1.165) is 12.1 Å². The predicted octanol–water partition coefficient (Wildman–Crippen LogP) is 4.88. The average molecular weight is 459 g/mol. The molecule has 4 aromatic rings. The largest absolute Gasteiger partial charge is 0.495 e. The summed E-state index contributed by atoms with van der Waals surface area (Å²) in [5.41, 5.74) is 0.297. The molecule has 0 atom stereocenters. The summed E-state index contributed by atoms with van der Waals surface area (Å²) in [7, 11) is -2.78. The Morgan fingerprint density at radius 3 is 2.28 bits per heavy atom. The lowest BCUT2D eigenvalue weighted by Gasteiger charge is -2.12. The van der Waals surface area contributed by atoms with Gasteiger partial charge in [-0.3, -0.25) is 4.98 Å². The summed E-state index contributed by atoms with van der Waals surface area (Å²) in [6.07, 6.45) is 0.756. The Bertz CT molecular complexity index is 1370. The zero-order valence-corrected chi connectivity index (χ0v) is 17.4. The molecule has 164 valence electrons. The highest BCUT2D eigenvalue weighted by Crippen LogP contribution is 2.36. The number of hydrogen-bond acceptors (Lipinski definition) is 5. The summed E-state index contributed by atoms with van der Waals surface area (Å²) in [4.78, 5) is 3.84. The van der Waals surface area contributed by atoms with E-state index in [1.54, 1.807) is 18.2 Å². The Labute approximate surface area is 182 Å². The molecule has 32 heavy (non-hydrogen) atoms. The first-order valence-electron chi connectivity index (χ1n) is 9.26. The second-order valence-electron chi connectivity index (χ2n) is 6.80. The van der Waals surface area contributed by atoms with Crippen LogP contribution in [0.4, 0.5) is 13.2 Å². The summed E-state index contributed by atoms with van der Waals surface area (Å²) in [5, 5.41) is 3.89. The van der Waals surface area contributed by atoms with Crippen molar-refractivity contribution in [3.63, 3.8) is 0 Å². The van der Waals surface area contributed by atoms with E-state index >= 15 is 0 Å². The predicted molar refractivity (Wildman–Crippen MR) is 111 cm³/mol. The van der Waals surface area contributed by atoms with Crippen molar-refractivity contribution in [2.75, 3.05) is 7.11 Å².